The van der Waals surface area contributed by atoms with Crippen molar-refractivity contribution in [2.75, 3.05) is 7.11 Å². The van der Waals surface area contributed by atoms with Gasteiger partial charge in [-0.15, -0.1) is 0 Å². The topological polar surface area (TPSA) is 47.6 Å². The molecule has 0 aliphatic heterocycles. The molecular formula is C22H24BrNO3. The van der Waals surface area contributed by atoms with Gasteiger partial charge in [0.05, 0.1) is 7.11 Å². The molecule has 0 spiro atoms. The van der Waals surface area contributed by atoms with Crippen molar-refractivity contribution in [3.63, 3.8) is 0 Å². The Kier molecular flexibility index (Phi) is 6.93. The Labute approximate surface area is 168 Å². The third-order valence-electron chi connectivity index (χ3n) is 4.64. The zero-order chi connectivity index (χ0) is 19.1. The Bertz CT molecular complexity index is 796. The van der Waals surface area contributed by atoms with Crippen molar-refractivity contribution >= 4 is 27.9 Å². The van der Waals surface area contributed by atoms with Gasteiger partial charge in [0.2, 0.25) is 5.91 Å². The first-order valence-electron chi connectivity index (χ1n) is 9.18. The number of hydrogen-bond donors (Lipinski definition) is 1. The summed E-state index contributed by atoms with van der Waals surface area (Å²) in [6.07, 6.45) is 7.88. The summed E-state index contributed by atoms with van der Waals surface area (Å²) in [5.41, 5.74) is 1.87. The first-order valence-corrected chi connectivity index (χ1v) is 9.98. The average Bonchev–Trinajstić information content (AvgIpc) is 3.19. The Balaban J connectivity index is 1.71. The molecule has 1 aliphatic carbocycles. The number of rotatable bonds is 7. The second kappa shape index (κ2) is 9.60. The van der Waals surface area contributed by atoms with Crippen LogP contribution in [0.5, 0.6) is 11.5 Å². The Hall–Kier alpha value is -2.27. The molecule has 1 saturated carbocycles. The minimum Gasteiger partial charge on any atom is -0.493 e. The summed E-state index contributed by atoms with van der Waals surface area (Å²) in [7, 11) is 1.61. The minimum absolute atomic E-state index is 0.0661. The van der Waals surface area contributed by atoms with Crippen molar-refractivity contribution in [2.45, 2.75) is 38.3 Å². The molecule has 1 amide bonds. The molecule has 142 valence electrons. The maximum atomic E-state index is 12.2. The lowest BCUT2D eigenvalue weighted by Gasteiger charge is -2.14. The van der Waals surface area contributed by atoms with Crippen molar-refractivity contribution in [1.82, 2.24) is 5.32 Å². The maximum absolute atomic E-state index is 12.2. The van der Waals surface area contributed by atoms with Crippen LogP contribution < -0.4 is 14.8 Å². The van der Waals surface area contributed by atoms with Crippen molar-refractivity contribution in [3.05, 3.63) is 64.1 Å². The van der Waals surface area contributed by atoms with Crippen LogP contribution in [0.25, 0.3) is 6.08 Å². The highest BCUT2D eigenvalue weighted by Gasteiger charge is 2.16. The summed E-state index contributed by atoms with van der Waals surface area (Å²) in [5.74, 6) is 1.21. The normalized spacial score (nSPS) is 14.4. The van der Waals surface area contributed by atoms with Crippen LogP contribution in [0.4, 0.5) is 0 Å². The quantitative estimate of drug-likeness (QED) is 0.622. The van der Waals surface area contributed by atoms with Crippen LogP contribution in [0.1, 0.15) is 36.8 Å². The molecular weight excluding hydrogens is 406 g/mol. The van der Waals surface area contributed by atoms with Crippen molar-refractivity contribution in [1.29, 1.82) is 0 Å². The van der Waals surface area contributed by atoms with Crippen LogP contribution in [-0.4, -0.2) is 19.1 Å². The van der Waals surface area contributed by atoms with Gasteiger partial charge in [-0.05, 0) is 42.7 Å². The second-order valence-electron chi connectivity index (χ2n) is 6.62. The second-order valence-corrected chi connectivity index (χ2v) is 7.53. The number of carbonyl (C=O) groups is 1. The lowest BCUT2D eigenvalue weighted by Crippen LogP contribution is -2.30. The minimum atomic E-state index is -0.0661. The number of benzene rings is 2. The Morgan fingerprint density at radius 2 is 1.93 bits per heavy atom. The van der Waals surface area contributed by atoms with E-state index in [1.807, 2.05) is 42.5 Å². The molecule has 2 aromatic rings. The summed E-state index contributed by atoms with van der Waals surface area (Å²) in [6.45, 7) is 0.419. The molecule has 2 aromatic carbocycles. The fourth-order valence-electron chi connectivity index (χ4n) is 3.20. The van der Waals surface area contributed by atoms with Gasteiger partial charge in [0, 0.05) is 22.2 Å². The zero-order valence-corrected chi connectivity index (χ0v) is 17.0. The van der Waals surface area contributed by atoms with Gasteiger partial charge in [0.1, 0.15) is 6.61 Å². The van der Waals surface area contributed by atoms with E-state index in [1.165, 1.54) is 12.8 Å². The highest BCUT2D eigenvalue weighted by atomic mass is 79.9. The van der Waals surface area contributed by atoms with Gasteiger partial charge in [0.15, 0.2) is 11.5 Å². The monoisotopic (exact) mass is 429 g/mol. The van der Waals surface area contributed by atoms with Crippen molar-refractivity contribution in [3.8, 4) is 11.5 Å². The van der Waals surface area contributed by atoms with Gasteiger partial charge < -0.3 is 14.8 Å². The largest absolute Gasteiger partial charge is 0.493 e. The molecule has 0 bridgehead atoms. The standard InChI is InChI=1S/C22H24BrNO3/c1-26-20-8-4-5-17(11-14-21(25)24-19-6-2-3-7-19)22(20)27-15-16-9-12-18(23)13-10-16/h4-5,8-14,19H,2-3,6-7,15H2,1H3,(H,24,25)/b14-11+. The summed E-state index contributed by atoms with van der Waals surface area (Å²) in [4.78, 5) is 12.2. The van der Waals surface area contributed by atoms with Crippen LogP contribution in [-0.2, 0) is 11.4 Å². The van der Waals surface area contributed by atoms with E-state index in [9.17, 15) is 4.79 Å². The SMILES string of the molecule is COc1cccc(/C=C/C(=O)NC2CCCC2)c1OCc1ccc(Br)cc1. The fourth-order valence-corrected chi connectivity index (χ4v) is 3.46. The number of methoxy groups -OCH3 is 1. The van der Waals surface area contributed by atoms with Gasteiger partial charge in [0.25, 0.3) is 0 Å². The van der Waals surface area contributed by atoms with Gasteiger partial charge in [-0.1, -0.05) is 53.0 Å². The van der Waals surface area contributed by atoms with E-state index in [1.54, 1.807) is 19.3 Å². The van der Waals surface area contributed by atoms with Crippen LogP contribution in [0.15, 0.2) is 53.0 Å². The molecule has 3 rings (SSSR count). The number of ether oxygens (including phenoxy) is 2. The summed E-state index contributed by atoms with van der Waals surface area (Å²) < 4.78 is 12.5. The fraction of sp³-hybridized carbons (Fsp3) is 0.318. The maximum Gasteiger partial charge on any atom is 0.244 e. The number of halogens is 1. The summed E-state index contributed by atoms with van der Waals surface area (Å²) >= 11 is 3.43. The Morgan fingerprint density at radius 3 is 2.63 bits per heavy atom. The number of hydrogen-bond acceptors (Lipinski definition) is 3. The van der Waals surface area contributed by atoms with Gasteiger partial charge >= 0.3 is 0 Å². The van der Waals surface area contributed by atoms with E-state index in [2.05, 4.69) is 21.2 Å². The first-order chi connectivity index (χ1) is 13.2. The molecule has 0 aromatic heterocycles. The molecule has 0 heterocycles. The van der Waals surface area contributed by atoms with E-state index >= 15 is 0 Å². The highest BCUT2D eigenvalue weighted by Crippen LogP contribution is 2.32. The van der Waals surface area contributed by atoms with E-state index in [4.69, 9.17) is 9.47 Å². The lowest BCUT2D eigenvalue weighted by molar-refractivity contribution is -0.117. The molecule has 1 aliphatic rings. The molecule has 4 nitrogen and oxygen atoms in total. The summed E-state index contributed by atoms with van der Waals surface area (Å²) in [6, 6.07) is 13.9. The molecule has 0 saturated heterocycles. The number of amides is 1. The van der Waals surface area contributed by atoms with E-state index < -0.39 is 0 Å². The molecule has 0 atom stereocenters. The third kappa shape index (κ3) is 5.60. The Morgan fingerprint density at radius 1 is 1.19 bits per heavy atom. The van der Waals surface area contributed by atoms with Gasteiger partial charge in [-0.25, -0.2) is 0 Å². The first kappa shape index (κ1) is 19.5. The number of carbonyl (C=O) groups excluding carboxylic acids is 1. The molecule has 1 fully saturated rings. The van der Waals surface area contributed by atoms with Gasteiger partial charge in [-0.3, -0.25) is 4.79 Å². The van der Waals surface area contributed by atoms with Gasteiger partial charge in [-0.2, -0.15) is 0 Å². The number of para-hydroxylation sites is 1. The van der Waals surface area contributed by atoms with Crippen molar-refractivity contribution < 1.29 is 14.3 Å². The van der Waals surface area contributed by atoms with Crippen LogP contribution in [0, 0.1) is 0 Å². The summed E-state index contributed by atoms with van der Waals surface area (Å²) in [5, 5.41) is 3.06. The highest BCUT2D eigenvalue weighted by molar-refractivity contribution is 9.10. The predicted molar refractivity (Wildman–Crippen MR) is 111 cm³/mol. The lowest BCUT2D eigenvalue weighted by atomic mass is 10.1. The van der Waals surface area contributed by atoms with E-state index in [-0.39, 0.29) is 5.91 Å². The average molecular weight is 430 g/mol. The molecule has 27 heavy (non-hydrogen) atoms. The van der Waals surface area contributed by atoms with Crippen LogP contribution in [0.2, 0.25) is 0 Å². The van der Waals surface area contributed by atoms with Crippen LogP contribution in [0.3, 0.4) is 0 Å². The third-order valence-corrected chi connectivity index (χ3v) is 5.17. The smallest absolute Gasteiger partial charge is 0.244 e. The molecule has 0 unspecified atom stereocenters. The molecule has 5 heteroatoms. The van der Waals surface area contributed by atoms with Crippen LogP contribution >= 0.6 is 15.9 Å². The van der Waals surface area contributed by atoms with Crippen molar-refractivity contribution in [2.24, 2.45) is 0 Å². The predicted octanol–water partition coefficient (Wildman–Crippen LogP) is 5.11. The van der Waals surface area contributed by atoms with E-state index in [0.29, 0.717) is 24.1 Å². The van der Waals surface area contributed by atoms with E-state index in [0.717, 1.165) is 28.4 Å². The number of nitrogens with one attached hydrogen (secondary N) is 1. The molecule has 0 radical (unpaired) electrons. The molecule has 1 N–H and O–H groups in total. The zero-order valence-electron chi connectivity index (χ0n) is 15.4.